The first-order chi connectivity index (χ1) is 9.45. The fourth-order valence-corrected chi connectivity index (χ4v) is 5.41. The highest BCUT2D eigenvalue weighted by molar-refractivity contribution is 7.99. The Bertz CT molecular complexity index is 587. The van der Waals surface area contributed by atoms with Crippen molar-refractivity contribution in [3.05, 3.63) is 27.7 Å². The van der Waals surface area contributed by atoms with Crippen molar-refractivity contribution in [1.82, 2.24) is 4.72 Å². The molecule has 1 heterocycles. The van der Waals surface area contributed by atoms with Crippen LogP contribution in [0.4, 0.5) is 0 Å². The first-order valence-corrected chi connectivity index (χ1v) is 9.62. The van der Waals surface area contributed by atoms with E-state index in [9.17, 15) is 8.42 Å². The second-order valence-electron chi connectivity index (χ2n) is 4.55. The molecule has 1 fully saturated rings. The van der Waals surface area contributed by atoms with Gasteiger partial charge in [0, 0.05) is 23.2 Å². The second-order valence-corrected chi connectivity index (χ2v) is 8.24. The summed E-state index contributed by atoms with van der Waals surface area (Å²) < 4.78 is 27.5. The highest BCUT2D eigenvalue weighted by atomic mass is 35.5. The van der Waals surface area contributed by atoms with Gasteiger partial charge in [-0.3, -0.25) is 0 Å². The summed E-state index contributed by atoms with van der Waals surface area (Å²) in [5.41, 5.74) is 6.02. The minimum absolute atomic E-state index is 0.0330. The Morgan fingerprint density at radius 2 is 1.95 bits per heavy atom. The minimum atomic E-state index is -3.65. The molecule has 0 unspecified atom stereocenters. The average Bonchev–Trinajstić information content (AvgIpc) is 2.39. The van der Waals surface area contributed by atoms with Crippen molar-refractivity contribution in [2.75, 3.05) is 11.5 Å². The molecule has 1 aromatic carbocycles. The third kappa shape index (κ3) is 3.61. The number of halogens is 2. The molecule has 112 valence electrons. The Labute approximate surface area is 133 Å². The third-order valence-electron chi connectivity index (χ3n) is 3.19. The Hall–Kier alpha value is 0.0200. The van der Waals surface area contributed by atoms with Crippen LogP contribution in [0.5, 0.6) is 0 Å². The monoisotopic (exact) mass is 354 g/mol. The summed E-state index contributed by atoms with van der Waals surface area (Å²) in [6.45, 7) is 0.0983. The van der Waals surface area contributed by atoms with Gasteiger partial charge in [0.05, 0.1) is 5.02 Å². The molecule has 2 rings (SSSR count). The van der Waals surface area contributed by atoms with Crippen molar-refractivity contribution in [3.63, 3.8) is 0 Å². The van der Waals surface area contributed by atoms with Crippen molar-refractivity contribution >= 4 is 45.0 Å². The van der Waals surface area contributed by atoms with Crippen molar-refractivity contribution in [3.8, 4) is 0 Å². The van der Waals surface area contributed by atoms with Crippen LogP contribution >= 0.6 is 35.0 Å². The molecule has 0 saturated carbocycles. The molecular formula is C12H16Cl2N2O2S2. The fourth-order valence-electron chi connectivity index (χ4n) is 2.07. The van der Waals surface area contributed by atoms with Gasteiger partial charge in [0.15, 0.2) is 0 Å². The zero-order chi connectivity index (χ0) is 14.8. The van der Waals surface area contributed by atoms with Gasteiger partial charge < -0.3 is 5.73 Å². The molecule has 8 heteroatoms. The standard InChI is InChI=1S/C12H16Cl2N2O2S2/c13-10-1-2-11(12(14)9(10)7-15)20(17,18)16-8-3-5-19-6-4-8/h1-2,8,16H,3-7,15H2. The predicted octanol–water partition coefficient (Wildman–Crippen LogP) is 2.63. The molecule has 3 N–H and O–H groups in total. The SMILES string of the molecule is NCc1c(Cl)ccc(S(=O)(=O)NC2CCSCC2)c1Cl. The van der Waals surface area contributed by atoms with Gasteiger partial charge in [0.25, 0.3) is 0 Å². The largest absolute Gasteiger partial charge is 0.326 e. The van der Waals surface area contributed by atoms with E-state index >= 15 is 0 Å². The van der Waals surface area contributed by atoms with E-state index in [2.05, 4.69) is 4.72 Å². The third-order valence-corrected chi connectivity index (χ3v) is 6.70. The number of hydrogen-bond acceptors (Lipinski definition) is 4. The molecule has 0 atom stereocenters. The van der Waals surface area contributed by atoms with Gasteiger partial charge >= 0.3 is 0 Å². The number of thioether (sulfide) groups is 1. The van der Waals surface area contributed by atoms with E-state index in [1.165, 1.54) is 12.1 Å². The summed E-state index contributed by atoms with van der Waals surface area (Å²) in [5.74, 6) is 1.94. The molecule has 0 bridgehead atoms. The Morgan fingerprint density at radius 3 is 2.55 bits per heavy atom. The summed E-state index contributed by atoms with van der Waals surface area (Å²) >= 11 is 13.9. The number of benzene rings is 1. The first kappa shape index (κ1) is 16.4. The van der Waals surface area contributed by atoms with Crippen LogP contribution in [-0.2, 0) is 16.6 Å². The average molecular weight is 355 g/mol. The van der Waals surface area contributed by atoms with Crippen molar-refractivity contribution < 1.29 is 8.42 Å². The number of sulfonamides is 1. The van der Waals surface area contributed by atoms with Crippen molar-refractivity contribution in [2.24, 2.45) is 5.73 Å². The van der Waals surface area contributed by atoms with Crippen LogP contribution in [0.2, 0.25) is 10.0 Å². The number of nitrogens with one attached hydrogen (secondary N) is 1. The number of rotatable bonds is 4. The lowest BCUT2D eigenvalue weighted by atomic mass is 10.2. The van der Waals surface area contributed by atoms with Gasteiger partial charge in [0.1, 0.15) is 4.90 Å². The Balaban J connectivity index is 2.29. The lowest BCUT2D eigenvalue weighted by Crippen LogP contribution is -2.37. The van der Waals surface area contributed by atoms with Crippen LogP contribution in [-0.4, -0.2) is 26.0 Å². The topological polar surface area (TPSA) is 72.2 Å². The Morgan fingerprint density at radius 1 is 1.30 bits per heavy atom. The van der Waals surface area contributed by atoms with E-state index in [1.54, 1.807) is 0 Å². The van der Waals surface area contributed by atoms with Gasteiger partial charge in [-0.15, -0.1) is 0 Å². The van der Waals surface area contributed by atoms with Gasteiger partial charge in [0.2, 0.25) is 10.0 Å². The maximum atomic E-state index is 12.4. The number of hydrogen-bond donors (Lipinski definition) is 2. The lowest BCUT2D eigenvalue weighted by molar-refractivity contribution is 0.529. The Kier molecular flexibility index (Phi) is 5.62. The zero-order valence-corrected chi connectivity index (χ0v) is 13.9. The molecule has 0 radical (unpaired) electrons. The normalized spacial score (nSPS) is 17.4. The van der Waals surface area contributed by atoms with Crippen LogP contribution in [0.25, 0.3) is 0 Å². The molecule has 0 spiro atoms. The summed E-state index contributed by atoms with van der Waals surface area (Å²) in [6, 6.07) is 2.90. The molecule has 4 nitrogen and oxygen atoms in total. The molecule has 0 aromatic heterocycles. The maximum absolute atomic E-state index is 12.4. The molecular weight excluding hydrogens is 339 g/mol. The smallest absolute Gasteiger partial charge is 0.242 e. The maximum Gasteiger partial charge on any atom is 0.242 e. The second kappa shape index (κ2) is 6.85. The quantitative estimate of drug-likeness (QED) is 0.871. The van der Waals surface area contributed by atoms with Gasteiger partial charge in [-0.2, -0.15) is 11.8 Å². The zero-order valence-electron chi connectivity index (χ0n) is 10.7. The molecule has 0 amide bonds. The van der Waals surface area contributed by atoms with E-state index < -0.39 is 10.0 Å². The van der Waals surface area contributed by atoms with Crippen LogP contribution < -0.4 is 10.5 Å². The molecule has 1 aliphatic rings. The minimum Gasteiger partial charge on any atom is -0.326 e. The van der Waals surface area contributed by atoms with Crippen LogP contribution in [0.3, 0.4) is 0 Å². The fraction of sp³-hybridized carbons (Fsp3) is 0.500. The predicted molar refractivity (Wildman–Crippen MR) is 85.0 cm³/mol. The van der Waals surface area contributed by atoms with Gasteiger partial charge in [-0.05, 0) is 36.5 Å². The van der Waals surface area contributed by atoms with E-state index in [0.717, 1.165) is 24.3 Å². The number of nitrogens with two attached hydrogens (primary N) is 1. The summed E-state index contributed by atoms with van der Waals surface area (Å²) in [6.07, 6.45) is 1.66. The first-order valence-electron chi connectivity index (χ1n) is 6.22. The van der Waals surface area contributed by atoms with Crippen LogP contribution in [0.1, 0.15) is 18.4 Å². The van der Waals surface area contributed by atoms with Gasteiger partial charge in [-0.25, -0.2) is 13.1 Å². The van der Waals surface area contributed by atoms with E-state index in [4.69, 9.17) is 28.9 Å². The molecule has 1 aromatic rings. The van der Waals surface area contributed by atoms with Crippen molar-refractivity contribution in [2.45, 2.75) is 30.3 Å². The molecule has 1 aliphatic heterocycles. The summed E-state index contributed by atoms with van der Waals surface area (Å²) in [4.78, 5) is 0.0437. The highest BCUT2D eigenvalue weighted by Crippen LogP contribution is 2.31. The van der Waals surface area contributed by atoms with E-state index in [0.29, 0.717) is 10.6 Å². The molecule has 1 saturated heterocycles. The van der Waals surface area contributed by atoms with Crippen LogP contribution in [0.15, 0.2) is 17.0 Å². The summed E-state index contributed by atoms with van der Waals surface area (Å²) in [7, 11) is -3.65. The van der Waals surface area contributed by atoms with E-state index in [-0.39, 0.29) is 22.5 Å². The lowest BCUT2D eigenvalue weighted by Gasteiger charge is -2.23. The highest BCUT2D eigenvalue weighted by Gasteiger charge is 2.25. The van der Waals surface area contributed by atoms with E-state index in [1.807, 2.05) is 11.8 Å². The van der Waals surface area contributed by atoms with Crippen molar-refractivity contribution in [1.29, 1.82) is 0 Å². The summed E-state index contributed by atoms with van der Waals surface area (Å²) in [5, 5.41) is 0.489. The molecule has 0 aliphatic carbocycles. The van der Waals surface area contributed by atoms with Gasteiger partial charge in [-0.1, -0.05) is 23.2 Å². The molecule has 20 heavy (non-hydrogen) atoms. The van der Waals surface area contributed by atoms with Crippen LogP contribution in [0, 0.1) is 0 Å².